The summed E-state index contributed by atoms with van der Waals surface area (Å²) in [6.45, 7) is 0. The Bertz CT molecular complexity index is 1040. The minimum atomic E-state index is -0.0686. The van der Waals surface area contributed by atoms with Crippen LogP contribution in [0.25, 0.3) is 20.8 Å². The highest BCUT2D eigenvalue weighted by atomic mass is 35.5. The van der Waals surface area contributed by atoms with Crippen molar-refractivity contribution < 1.29 is 4.79 Å². The number of carbonyl (C=O) groups is 1. The molecule has 1 amide bonds. The molecule has 128 valence electrons. The van der Waals surface area contributed by atoms with Crippen molar-refractivity contribution in [1.82, 2.24) is 4.98 Å². The van der Waals surface area contributed by atoms with Crippen LogP contribution < -0.4 is 5.32 Å². The van der Waals surface area contributed by atoms with E-state index in [1.807, 2.05) is 54.6 Å². The number of rotatable bonds is 4. The molecule has 3 aromatic carbocycles. The Kier molecular flexibility index (Phi) is 4.69. The topological polar surface area (TPSA) is 42.0 Å². The van der Waals surface area contributed by atoms with Gasteiger partial charge in [-0.3, -0.25) is 4.79 Å². The number of fused-ring (bicyclic) bond motifs is 1. The van der Waals surface area contributed by atoms with Crippen molar-refractivity contribution in [3.63, 3.8) is 0 Å². The first-order valence-electron chi connectivity index (χ1n) is 8.18. The lowest BCUT2D eigenvalue weighted by atomic mass is 10.1. The number of nitrogens with zero attached hydrogens (tertiary/aromatic N) is 1. The van der Waals surface area contributed by atoms with E-state index in [0.29, 0.717) is 11.4 Å². The van der Waals surface area contributed by atoms with Gasteiger partial charge in [-0.05, 0) is 42.0 Å². The number of thiazole rings is 1. The fourth-order valence-electron chi connectivity index (χ4n) is 2.75. The van der Waals surface area contributed by atoms with Crippen LogP contribution in [0.1, 0.15) is 5.56 Å². The summed E-state index contributed by atoms with van der Waals surface area (Å²) in [7, 11) is 0. The van der Waals surface area contributed by atoms with Crippen LogP contribution >= 0.6 is 22.9 Å². The first-order chi connectivity index (χ1) is 12.7. The first kappa shape index (κ1) is 16.8. The molecule has 0 saturated heterocycles. The van der Waals surface area contributed by atoms with Gasteiger partial charge in [0.05, 0.1) is 22.3 Å². The van der Waals surface area contributed by atoms with Gasteiger partial charge in [0.1, 0.15) is 5.01 Å². The van der Waals surface area contributed by atoms with E-state index in [4.69, 9.17) is 16.6 Å². The summed E-state index contributed by atoms with van der Waals surface area (Å²) in [5.41, 5.74) is 3.59. The number of aromatic nitrogens is 1. The molecule has 0 saturated carbocycles. The molecule has 0 bridgehead atoms. The minimum Gasteiger partial charge on any atom is -0.325 e. The lowest BCUT2D eigenvalue weighted by Gasteiger charge is -2.09. The molecule has 26 heavy (non-hydrogen) atoms. The van der Waals surface area contributed by atoms with Crippen LogP contribution in [0.2, 0.25) is 5.02 Å². The van der Waals surface area contributed by atoms with E-state index >= 15 is 0 Å². The Morgan fingerprint density at radius 2 is 1.69 bits per heavy atom. The molecule has 4 aromatic rings. The number of anilines is 1. The van der Waals surface area contributed by atoms with Crippen molar-refractivity contribution in [1.29, 1.82) is 0 Å². The second kappa shape index (κ2) is 7.28. The van der Waals surface area contributed by atoms with E-state index in [1.54, 1.807) is 23.5 Å². The molecule has 0 aliphatic carbocycles. The minimum absolute atomic E-state index is 0.0686. The van der Waals surface area contributed by atoms with E-state index in [2.05, 4.69) is 11.4 Å². The van der Waals surface area contributed by atoms with Crippen molar-refractivity contribution >= 4 is 44.7 Å². The second-order valence-electron chi connectivity index (χ2n) is 5.88. The number of amides is 1. The number of para-hydroxylation sites is 2. The maximum absolute atomic E-state index is 12.5. The summed E-state index contributed by atoms with van der Waals surface area (Å²) in [5, 5.41) is 4.57. The van der Waals surface area contributed by atoms with E-state index in [1.165, 1.54) is 0 Å². The molecule has 1 heterocycles. The van der Waals surface area contributed by atoms with Gasteiger partial charge in [0.25, 0.3) is 0 Å². The van der Waals surface area contributed by atoms with Crippen LogP contribution in [0, 0.1) is 0 Å². The van der Waals surface area contributed by atoms with Crippen LogP contribution in [-0.4, -0.2) is 10.9 Å². The highest BCUT2D eigenvalue weighted by Crippen LogP contribution is 2.34. The molecule has 3 nitrogen and oxygen atoms in total. The monoisotopic (exact) mass is 378 g/mol. The Balaban J connectivity index is 1.59. The Hall–Kier alpha value is -2.69. The van der Waals surface area contributed by atoms with Crippen LogP contribution in [-0.2, 0) is 11.2 Å². The Morgan fingerprint density at radius 1 is 0.962 bits per heavy atom. The molecule has 0 aliphatic heterocycles. The van der Waals surface area contributed by atoms with E-state index in [9.17, 15) is 4.79 Å². The lowest BCUT2D eigenvalue weighted by molar-refractivity contribution is -0.115. The molecule has 0 fully saturated rings. The van der Waals surface area contributed by atoms with E-state index in [-0.39, 0.29) is 5.91 Å². The van der Waals surface area contributed by atoms with Crippen LogP contribution in [0.15, 0.2) is 72.8 Å². The first-order valence-corrected chi connectivity index (χ1v) is 9.38. The number of carbonyl (C=O) groups excluding carboxylic acids is 1. The molecule has 4 rings (SSSR count). The second-order valence-corrected chi connectivity index (χ2v) is 7.35. The summed E-state index contributed by atoms with van der Waals surface area (Å²) in [5.74, 6) is -0.0686. The molecule has 0 atom stereocenters. The maximum Gasteiger partial charge on any atom is 0.228 e. The van der Waals surface area contributed by atoms with Crippen LogP contribution in [0.4, 0.5) is 5.69 Å². The standard InChI is InChI=1S/C21H15ClN2OS/c22-15-11-9-14(10-12-15)13-20(25)23-17-6-2-1-5-16(17)21-24-18-7-3-4-8-19(18)26-21/h1-12H,13H2,(H,23,25). The summed E-state index contributed by atoms with van der Waals surface area (Å²) in [4.78, 5) is 17.2. The zero-order valence-corrected chi connectivity index (χ0v) is 15.3. The normalized spacial score (nSPS) is 10.8. The van der Waals surface area contributed by atoms with Gasteiger partial charge in [-0.15, -0.1) is 11.3 Å². The van der Waals surface area contributed by atoms with Crippen molar-refractivity contribution in [2.45, 2.75) is 6.42 Å². The van der Waals surface area contributed by atoms with Gasteiger partial charge < -0.3 is 5.32 Å². The van der Waals surface area contributed by atoms with Gasteiger partial charge in [-0.2, -0.15) is 0 Å². The number of halogens is 1. The molecule has 1 aromatic heterocycles. The average molecular weight is 379 g/mol. The molecule has 0 radical (unpaired) electrons. The Morgan fingerprint density at radius 3 is 2.50 bits per heavy atom. The molecule has 0 unspecified atom stereocenters. The Labute approximate surface area is 160 Å². The van der Waals surface area contributed by atoms with Crippen LogP contribution in [0.3, 0.4) is 0 Å². The van der Waals surface area contributed by atoms with Crippen molar-refractivity contribution in [2.24, 2.45) is 0 Å². The number of nitrogens with one attached hydrogen (secondary N) is 1. The van der Waals surface area contributed by atoms with Crippen molar-refractivity contribution in [3.8, 4) is 10.6 Å². The highest BCUT2D eigenvalue weighted by Gasteiger charge is 2.12. The quantitative estimate of drug-likeness (QED) is 0.487. The average Bonchev–Trinajstić information content (AvgIpc) is 3.08. The smallest absolute Gasteiger partial charge is 0.228 e. The molecule has 0 aliphatic rings. The molecule has 1 N–H and O–H groups in total. The third kappa shape index (κ3) is 3.62. The third-order valence-corrected chi connectivity index (χ3v) is 5.33. The number of benzene rings is 3. The zero-order chi connectivity index (χ0) is 17.9. The van der Waals surface area contributed by atoms with E-state index < -0.39 is 0 Å². The fraction of sp³-hybridized carbons (Fsp3) is 0.0476. The summed E-state index contributed by atoms with van der Waals surface area (Å²) in [6.07, 6.45) is 0.297. The molecule has 5 heteroatoms. The summed E-state index contributed by atoms with van der Waals surface area (Å²) < 4.78 is 1.13. The third-order valence-electron chi connectivity index (χ3n) is 4.00. The predicted molar refractivity (Wildman–Crippen MR) is 109 cm³/mol. The zero-order valence-electron chi connectivity index (χ0n) is 13.8. The van der Waals surface area contributed by atoms with Gasteiger partial charge in [-0.1, -0.05) is 48.0 Å². The van der Waals surface area contributed by atoms with E-state index in [0.717, 1.165) is 32.0 Å². The molecule has 0 spiro atoms. The molecular weight excluding hydrogens is 364 g/mol. The highest BCUT2D eigenvalue weighted by molar-refractivity contribution is 7.21. The molecular formula is C21H15ClN2OS. The SMILES string of the molecule is O=C(Cc1ccc(Cl)cc1)Nc1ccccc1-c1nc2ccccc2s1. The van der Waals surface area contributed by atoms with Gasteiger partial charge in [0.15, 0.2) is 0 Å². The maximum atomic E-state index is 12.5. The van der Waals surface area contributed by atoms with Gasteiger partial charge in [-0.25, -0.2) is 4.98 Å². The van der Waals surface area contributed by atoms with Gasteiger partial charge >= 0.3 is 0 Å². The van der Waals surface area contributed by atoms with Gasteiger partial charge in [0.2, 0.25) is 5.91 Å². The number of hydrogen-bond donors (Lipinski definition) is 1. The predicted octanol–water partition coefficient (Wildman–Crippen LogP) is 5.80. The fourth-order valence-corrected chi connectivity index (χ4v) is 3.88. The van der Waals surface area contributed by atoms with Crippen molar-refractivity contribution in [3.05, 3.63) is 83.4 Å². The number of hydrogen-bond acceptors (Lipinski definition) is 3. The largest absolute Gasteiger partial charge is 0.325 e. The summed E-state index contributed by atoms with van der Waals surface area (Å²) in [6, 6.07) is 23.1. The van der Waals surface area contributed by atoms with Crippen molar-refractivity contribution in [2.75, 3.05) is 5.32 Å². The van der Waals surface area contributed by atoms with Gasteiger partial charge in [0, 0.05) is 10.6 Å². The summed E-state index contributed by atoms with van der Waals surface area (Å²) >= 11 is 7.51. The lowest BCUT2D eigenvalue weighted by Crippen LogP contribution is -2.14. The van der Waals surface area contributed by atoms with Crippen LogP contribution in [0.5, 0.6) is 0 Å².